The molecule has 1 aliphatic rings. The lowest BCUT2D eigenvalue weighted by molar-refractivity contribution is -0.137. The molecule has 1 aromatic heterocycles. The Kier molecular flexibility index (Phi) is 4.01. The minimum atomic E-state index is -4.41. The summed E-state index contributed by atoms with van der Waals surface area (Å²) in [6.07, 6.45) is -2.95. The highest BCUT2D eigenvalue weighted by Crippen LogP contribution is 2.37. The lowest BCUT2D eigenvalue weighted by Gasteiger charge is -2.22. The van der Waals surface area contributed by atoms with Gasteiger partial charge in [0.2, 0.25) is 10.0 Å². The maximum atomic E-state index is 12.8. The van der Waals surface area contributed by atoms with Gasteiger partial charge in [-0.25, -0.2) is 18.5 Å². The first-order valence-corrected chi connectivity index (χ1v) is 9.41. The Morgan fingerprint density at radius 2 is 2.13 bits per heavy atom. The second-order valence-electron chi connectivity index (χ2n) is 5.50. The monoisotopic (exact) mass is 365 g/mol. The molecule has 0 amide bonds. The average Bonchev–Trinajstić information content (AvgIpc) is 3.00. The van der Waals surface area contributed by atoms with Gasteiger partial charge in [0.05, 0.1) is 21.5 Å². The molecular formula is C13H14F3N3O2S2. The maximum absolute atomic E-state index is 12.8. The van der Waals surface area contributed by atoms with Gasteiger partial charge in [0.15, 0.2) is 5.13 Å². The number of alkyl halides is 3. The summed E-state index contributed by atoms with van der Waals surface area (Å²) in [5.74, 6) is -0.184. The van der Waals surface area contributed by atoms with Crippen molar-refractivity contribution in [2.75, 3.05) is 17.2 Å². The first kappa shape index (κ1) is 16.5. The van der Waals surface area contributed by atoms with Crippen LogP contribution in [0.5, 0.6) is 0 Å². The van der Waals surface area contributed by atoms with Crippen molar-refractivity contribution in [3.63, 3.8) is 0 Å². The molecule has 0 aliphatic carbocycles. The van der Waals surface area contributed by atoms with E-state index in [0.29, 0.717) is 22.8 Å². The number of rotatable bonds is 3. The van der Waals surface area contributed by atoms with E-state index in [2.05, 4.69) is 4.98 Å². The molecule has 23 heavy (non-hydrogen) atoms. The Bertz CT molecular complexity index is 833. The van der Waals surface area contributed by atoms with Crippen molar-refractivity contribution >= 4 is 36.7 Å². The maximum Gasteiger partial charge on any atom is 0.416 e. The number of hydrogen-bond acceptors (Lipinski definition) is 5. The number of sulfonamides is 1. The summed E-state index contributed by atoms with van der Waals surface area (Å²) in [7, 11) is -3.62. The first-order chi connectivity index (χ1) is 10.6. The smallest absolute Gasteiger partial charge is 0.344 e. The van der Waals surface area contributed by atoms with Crippen LogP contribution in [0.4, 0.5) is 18.3 Å². The van der Waals surface area contributed by atoms with E-state index in [1.54, 1.807) is 0 Å². The molecule has 1 atom stereocenters. The van der Waals surface area contributed by atoms with E-state index in [0.717, 1.165) is 18.6 Å². The molecule has 3 rings (SSSR count). The van der Waals surface area contributed by atoms with Crippen LogP contribution < -0.4 is 10.0 Å². The fourth-order valence-electron chi connectivity index (χ4n) is 2.74. The van der Waals surface area contributed by atoms with Crippen molar-refractivity contribution < 1.29 is 21.6 Å². The Labute approximate surface area is 135 Å². The quantitative estimate of drug-likeness (QED) is 0.907. The zero-order valence-electron chi connectivity index (χ0n) is 11.9. The highest BCUT2D eigenvalue weighted by molar-refractivity contribution is 7.89. The van der Waals surface area contributed by atoms with Crippen LogP contribution in [0.3, 0.4) is 0 Å². The summed E-state index contributed by atoms with van der Waals surface area (Å²) in [6, 6.07) is 3.15. The number of fused-ring (bicyclic) bond motifs is 1. The van der Waals surface area contributed by atoms with E-state index in [1.807, 2.05) is 4.90 Å². The van der Waals surface area contributed by atoms with Crippen molar-refractivity contribution in [3.05, 3.63) is 23.8 Å². The van der Waals surface area contributed by atoms with E-state index in [1.165, 1.54) is 17.4 Å². The van der Waals surface area contributed by atoms with Gasteiger partial charge in [0.1, 0.15) is 0 Å². The number of anilines is 1. The zero-order chi connectivity index (χ0) is 16.8. The Hall–Kier alpha value is -1.39. The predicted molar refractivity (Wildman–Crippen MR) is 83.0 cm³/mol. The summed E-state index contributed by atoms with van der Waals surface area (Å²) in [5, 5.41) is 5.63. The highest BCUT2D eigenvalue weighted by atomic mass is 32.2. The van der Waals surface area contributed by atoms with Crippen molar-refractivity contribution in [3.8, 4) is 0 Å². The van der Waals surface area contributed by atoms with E-state index >= 15 is 0 Å². The molecule has 5 nitrogen and oxygen atoms in total. The summed E-state index contributed by atoms with van der Waals surface area (Å²) >= 11 is 1.26. The van der Waals surface area contributed by atoms with Crippen molar-refractivity contribution in [1.29, 1.82) is 0 Å². The third-order valence-corrected chi connectivity index (χ3v) is 5.67. The van der Waals surface area contributed by atoms with Gasteiger partial charge in [-0.3, -0.25) is 0 Å². The van der Waals surface area contributed by atoms with Crippen molar-refractivity contribution in [2.45, 2.75) is 25.1 Å². The fraction of sp³-hybridized carbons (Fsp3) is 0.462. The van der Waals surface area contributed by atoms with Crippen LogP contribution in [-0.2, 0) is 16.2 Å². The topological polar surface area (TPSA) is 76.3 Å². The van der Waals surface area contributed by atoms with Gasteiger partial charge in [-0.15, -0.1) is 0 Å². The molecule has 126 valence electrons. The first-order valence-electron chi connectivity index (χ1n) is 6.88. The summed E-state index contributed by atoms with van der Waals surface area (Å²) in [5.41, 5.74) is -0.481. The molecule has 2 N–H and O–H groups in total. The Morgan fingerprint density at radius 3 is 2.78 bits per heavy atom. The van der Waals surface area contributed by atoms with E-state index in [-0.39, 0.29) is 17.3 Å². The number of benzene rings is 1. The number of nitrogens with two attached hydrogens (primary N) is 1. The average molecular weight is 365 g/mol. The normalized spacial score (nSPS) is 19.7. The molecule has 2 heterocycles. The van der Waals surface area contributed by atoms with Gasteiger partial charge in [0.25, 0.3) is 0 Å². The van der Waals surface area contributed by atoms with Gasteiger partial charge in [-0.05, 0) is 31.0 Å². The van der Waals surface area contributed by atoms with E-state index in [4.69, 9.17) is 5.14 Å². The largest absolute Gasteiger partial charge is 0.416 e. The second kappa shape index (κ2) is 5.60. The number of halogens is 3. The molecule has 0 radical (unpaired) electrons. The highest BCUT2D eigenvalue weighted by Gasteiger charge is 2.32. The SMILES string of the molecule is NS(=O)(=O)C[C@@H]1CCCN1c1nc2cc(C(F)(F)F)ccc2s1. The molecule has 0 spiro atoms. The number of thiazole rings is 1. The third-order valence-electron chi connectivity index (χ3n) is 3.75. The van der Waals surface area contributed by atoms with Crippen LogP contribution in [0.15, 0.2) is 18.2 Å². The second-order valence-corrected chi connectivity index (χ2v) is 8.16. The Morgan fingerprint density at radius 1 is 1.39 bits per heavy atom. The molecule has 1 fully saturated rings. The minimum Gasteiger partial charge on any atom is -0.344 e. The molecule has 2 aromatic rings. The molecule has 0 bridgehead atoms. The molecule has 10 heteroatoms. The summed E-state index contributed by atoms with van der Waals surface area (Å²) in [4.78, 5) is 6.08. The fourth-order valence-corrected chi connectivity index (χ4v) is 4.67. The van der Waals surface area contributed by atoms with Crippen LogP contribution in [0, 0.1) is 0 Å². The molecule has 1 aromatic carbocycles. The molecule has 1 aliphatic heterocycles. The van der Waals surface area contributed by atoms with Gasteiger partial charge in [-0.2, -0.15) is 13.2 Å². The lowest BCUT2D eigenvalue weighted by atomic mass is 10.2. The van der Waals surface area contributed by atoms with Gasteiger partial charge in [0, 0.05) is 12.6 Å². The Balaban J connectivity index is 1.93. The van der Waals surface area contributed by atoms with Crippen LogP contribution in [0.1, 0.15) is 18.4 Å². The number of hydrogen-bond donors (Lipinski definition) is 1. The van der Waals surface area contributed by atoms with Crippen LogP contribution >= 0.6 is 11.3 Å². The number of nitrogens with zero attached hydrogens (tertiary/aromatic N) is 2. The van der Waals surface area contributed by atoms with Gasteiger partial charge >= 0.3 is 6.18 Å². The summed E-state index contributed by atoms with van der Waals surface area (Å²) in [6.45, 7) is 0.617. The zero-order valence-corrected chi connectivity index (χ0v) is 13.5. The van der Waals surface area contributed by atoms with E-state index in [9.17, 15) is 21.6 Å². The number of aromatic nitrogens is 1. The summed E-state index contributed by atoms with van der Waals surface area (Å²) < 4.78 is 61.5. The molecule has 0 unspecified atom stereocenters. The lowest BCUT2D eigenvalue weighted by Crippen LogP contribution is -2.37. The van der Waals surface area contributed by atoms with Crippen molar-refractivity contribution in [2.24, 2.45) is 5.14 Å². The third kappa shape index (κ3) is 3.59. The standard InChI is InChI=1S/C13H14F3N3O2S2/c14-13(15,16)8-3-4-11-10(6-8)18-12(22-11)19-5-1-2-9(19)7-23(17,20)21/h3-4,6,9H,1-2,5,7H2,(H2,17,20,21)/t9-/m0/s1. The van der Waals surface area contributed by atoms with Gasteiger partial charge in [-0.1, -0.05) is 11.3 Å². The molecule has 1 saturated heterocycles. The van der Waals surface area contributed by atoms with Crippen molar-refractivity contribution in [1.82, 2.24) is 4.98 Å². The molecular weight excluding hydrogens is 351 g/mol. The van der Waals surface area contributed by atoms with Crippen LogP contribution in [0.25, 0.3) is 10.2 Å². The predicted octanol–water partition coefficient (Wildman–Crippen LogP) is 2.57. The minimum absolute atomic E-state index is 0.184. The van der Waals surface area contributed by atoms with Crippen LogP contribution in [0.2, 0.25) is 0 Å². The number of primary sulfonamides is 1. The van der Waals surface area contributed by atoms with E-state index < -0.39 is 21.8 Å². The van der Waals surface area contributed by atoms with Gasteiger partial charge < -0.3 is 4.90 Å². The molecule has 0 saturated carbocycles. The van der Waals surface area contributed by atoms with Crippen LogP contribution in [-0.4, -0.2) is 31.7 Å².